The molecule has 1 N–H and O–H groups in total. The van der Waals surface area contributed by atoms with Gasteiger partial charge in [0, 0.05) is 6.07 Å². The van der Waals surface area contributed by atoms with Gasteiger partial charge >= 0.3 is 0 Å². The average Bonchev–Trinajstić information content (AvgIpc) is 2.85. The zero-order chi connectivity index (χ0) is 13.8. The fourth-order valence-corrected chi connectivity index (χ4v) is 1.63. The number of aliphatic hydroxyl groups excluding tert-OH is 1. The van der Waals surface area contributed by atoms with Gasteiger partial charge in [-0.05, 0) is 11.6 Å². The van der Waals surface area contributed by atoms with E-state index in [1.165, 1.54) is 23.9 Å². The summed E-state index contributed by atoms with van der Waals surface area (Å²) in [5.41, 5.74) is 1.06. The van der Waals surface area contributed by atoms with Crippen molar-refractivity contribution < 1.29 is 14.8 Å². The average molecular weight is 264 g/mol. The molecular weight excluding hydrogens is 252 g/mol. The van der Waals surface area contributed by atoms with Gasteiger partial charge < -0.3 is 9.84 Å². The highest BCUT2D eigenvalue weighted by Crippen LogP contribution is 2.23. The maximum Gasteiger partial charge on any atom is 0.273 e. The maximum atomic E-state index is 10.8. The Morgan fingerprint density at radius 2 is 2.26 bits per heavy atom. The van der Waals surface area contributed by atoms with E-state index in [1.54, 1.807) is 12.3 Å². The zero-order valence-corrected chi connectivity index (χ0v) is 10.2. The highest BCUT2D eigenvalue weighted by atomic mass is 16.6. The van der Waals surface area contributed by atoms with Crippen LogP contribution in [0.4, 0.5) is 5.69 Å². The Bertz CT molecular complexity index is 596. The van der Waals surface area contributed by atoms with E-state index in [4.69, 9.17) is 9.84 Å². The van der Waals surface area contributed by atoms with Crippen molar-refractivity contribution >= 4 is 5.69 Å². The van der Waals surface area contributed by atoms with Crippen molar-refractivity contribution in [2.75, 3.05) is 7.11 Å². The first-order valence-electron chi connectivity index (χ1n) is 5.44. The number of nitrogens with zero attached hydrogens (tertiary/aromatic N) is 4. The van der Waals surface area contributed by atoms with Crippen LogP contribution in [-0.2, 0) is 13.2 Å². The van der Waals surface area contributed by atoms with Crippen molar-refractivity contribution in [1.82, 2.24) is 15.0 Å². The number of aliphatic hydroxyl groups is 1. The Morgan fingerprint density at radius 3 is 2.84 bits per heavy atom. The molecule has 2 aromatic rings. The van der Waals surface area contributed by atoms with Gasteiger partial charge in [0.2, 0.25) is 0 Å². The van der Waals surface area contributed by atoms with Crippen LogP contribution in [0.2, 0.25) is 0 Å². The van der Waals surface area contributed by atoms with E-state index in [2.05, 4.69) is 10.3 Å². The molecule has 1 aromatic carbocycles. The van der Waals surface area contributed by atoms with Crippen molar-refractivity contribution in [3.63, 3.8) is 0 Å². The lowest BCUT2D eigenvalue weighted by Crippen LogP contribution is -2.02. The van der Waals surface area contributed by atoms with E-state index in [-0.39, 0.29) is 12.3 Å². The van der Waals surface area contributed by atoms with E-state index >= 15 is 0 Å². The van der Waals surface area contributed by atoms with Crippen LogP contribution in [-0.4, -0.2) is 32.1 Å². The third kappa shape index (κ3) is 3.05. The number of benzene rings is 1. The highest BCUT2D eigenvalue weighted by Gasteiger charge is 2.11. The molecule has 1 heterocycles. The second-order valence-electron chi connectivity index (χ2n) is 3.86. The lowest BCUT2D eigenvalue weighted by Gasteiger charge is -2.05. The number of non-ortho nitro benzene ring substituents is 1. The van der Waals surface area contributed by atoms with Crippen LogP contribution in [0.25, 0.3) is 0 Å². The maximum absolute atomic E-state index is 10.8. The number of hydrogen-bond donors (Lipinski definition) is 1. The molecule has 19 heavy (non-hydrogen) atoms. The van der Waals surface area contributed by atoms with Crippen LogP contribution in [0, 0.1) is 10.1 Å². The first-order valence-corrected chi connectivity index (χ1v) is 5.44. The molecule has 0 fully saturated rings. The molecule has 0 aliphatic rings. The first kappa shape index (κ1) is 13.0. The van der Waals surface area contributed by atoms with Gasteiger partial charge in [-0.3, -0.25) is 10.1 Å². The molecule has 0 aliphatic heterocycles. The minimum Gasteiger partial charge on any atom is -0.496 e. The van der Waals surface area contributed by atoms with Crippen molar-refractivity contribution in [3.05, 3.63) is 45.8 Å². The fourth-order valence-electron chi connectivity index (χ4n) is 1.63. The first-order chi connectivity index (χ1) is 9.12. The smallest absolute Gasteiger partial charge is 0.273 e. The molecule has 1 aromatic heterocycles. The van der Waals surface area contributed by atoms with E-state index in [0.717, 1.165) is 0 Å². The number of rotatable bonds is 5. The Labute approximate surface area is 108 Å². The summed E-state index contributed by atoms with van der Waals surface area (Å²) in [5.74, 6) is 0.409. The van der Waals surface area contributed by atoms with Gasteiger partial charge in [0.25, 0.3) is 5.69 Å². The Balaban J connectivity index is 2.28. The molecule has 8 heteroatoms. The normalized spacial score (nSPS) is 10.4. The standard InChI is InChI=1S/C11H12N4O4/c1-19-11-3-8(2-10(4-11)15(17)18)5-14-6-9(7-16)12-13-14/h2-4,6,16H,5,7H2,1H3. The van der Waals surface area contributed by atoms with Gasteiger partial charge in [0.05, 0.1) is 37.4 Å². The quantitative estimate of drug-likeness (QED) is 0.631. The van der Waals surface area contributed by atoms with Crippen LogP contribution >= 0.6 is 0 Å². The largest absolute Gasteiger partial charge is 0.496 e. The zero-order valence-electron chi connectivity index (χ0n) is 10.2. The molecule has 2 rings (SSSR count). The molecule has 100 valence electrons. The number of nitro groups is 1. The minimum absolute atomic E-state index is 0.0446. The predicted molar refractivity (Wildman–Crippen MR) is 64.7 cm³/mol. The molecule has 8 nitrogen and oxygen atoms in total. The van der Waals surface area contributed by atoms with Gasteiger partial charge in [-0.15, -0.1) is 5.10 Å². The van der Waals surface area contributed by atoms with Gasteiger partial charge in [-0.25, -0.2) is 4.68 Å². The van der Waals surface area contributed by atoms with Crippen LogP contribution in [0.1, 0.15) is 11.3 Å². The van der Waals surface area contributed by atoms with Crippen molar-refractivity contribution in [2.45, 2.75) is 13.2 Å². The molecule has 0 amide bonds. The molecule has 0 aliphatic carbocycles. The van der Waals surface area contributed by atoms with Crippen LogP contribution < -0.4 is 4.74 Å². The summed E-state index contributed by atoms with van der Waals surface area (Å²) in [4.78, 5) is 10.3. The predicted octanol–water partition coefficient (Wildman–Crippen LogP) is 0.735. The Morgan fingerprint density at radius 1 is 1.47 bits per heavy atom. The molecule has 0 saturated heterocycles. The fraction of sp³-hybridized carbons (Fsp3) is 0.273. The highest BCUT2D eigenvalue weighted by molar-refractivity contribution is 5.42. The third-order valence-electron chi connectivity index (χ3n) is 2.49. The summed E-state index contributed by atoms with van der Waals surface area (Å²) < 4.78 is 6.51. The Kier molecular flexibility index (Phi) is 3.71. The van der Waals surface area contributed by atoms with Crippen molar-refractivity contribution in [2.24, 2.45) is 0 Å². The van der Waals surface area contributed by atoms with Crippen LogP contribution in [0.5, 0.6) is 5.75 Å². The van der Waals surface area contributed by atoms with Crippen molar-refractivity contribution in [3.8, 4) is 5.75 Å². The van der Waals surface area contributed by atoms with Gasteiger partial charge in [0.1, 0.15) is 11.4 Å². The Hall–Kier alpha value is -2.48. The molecule has 0 spiro atoms. The van der Waals surface area contributed by atoms with E-state index in [1.807, 2.05) is 0 Å². The van der Waals surface area contributed by atoms with E-state index in [0.29, 0.717) is 23.6 Å². The number of hydrogen-bond acceptors (Lipinski definition) is 6. The molecule has 0 bridgehead atoms. The summed E-state index contributed by atoms with van der Waals surface area (Å²) in [7, 11) is 1.45. The summed E-state index contributed by atoms with van der Waals surface area (Å²) in [5, 5.41) is 27.2. The summed E-state index contributed by atoms with van der Waals surface area (Å²) >= 11 is 0. The molecule has 0 saturated carbocycles. The number of nitro benzene ring substituents is 1. The van der Waals surface area contributed by atoms with Gasteiger partial charge in [0.15, 0.2) is 0 Å². The summed E-state index contributed by atoms with van der Waals surface area (Å²) in [6.07, 6.45) is 1.57. The number of ether oxygens (including phenoxy) is 1. The molecule has 0 unspecified atom stereocenters. The second kappa shape index (κ2) is 5.44. The van der Waals surface area contributed by atoms with Gasteiger partial charge in [-0.1, -0.05) is 5.21 Å². The SMILES string of the molecule is COc1cc(Cn2cc(CO)nn2)cc([N+](=O)[O-])c1. The molecule has 0 radical (unpaired) electrons. The van der Waals surface area contributed by atoms with Crippen molar-refractivity contribution in [1.29, 1.82) is 0 Å². The third-order valence-corrected chi connectivity index (χ3v) is 2.49. The van der Waals surface area contributed by atoms with E-state index < -0.39 is 4.92 Å². The molecule has 0 atom stereocenters. The van der Waals surface area contributed by atoms with Crippen LogP contribution in [0.15, 0.2) is 24.4 Å². The van der Waals surface area contributed by atoms with Gasteiger partial charge in [-0.2, -0.15) is 0 Å². The summed E-state index contributed by atoms with van der Waals surface area (Å²) in [6, 6.07) is 4.49. The topological polar surface area (TPSA) is 103 Å². The lowest BCUT2D eigenvalue weighted by molar-refractivity contribution is -0.385. The van der Waals surface area contributed by atoms with E-state index in [9.17, 15) is 10.1 Å². The number of aromatic nitrogens is 3. The monoisotopic (exact) mass is 264 g/mol. The minimum atomic E-state index is -0.480. The lowest BCUT2D eigenvalue weighted by atomic mass is 10.2. The van der Waals surface area contributed by atoms with Crippen LogP contribution in [0.3, 0.4) is 0 Å². The molecular formula is C11H12N4O4. The number of methoxy groups -OCH3 is 1. The second-order valence-corrected chi connectivity index (χ2v) is 3.86. The summed E-state index contributed by atoms with van der Waals surface area (Å²) in [6.45, 7) is 0.114.